The van der Waals surface area contributed by atoms with Crippen LogP contribution < -0.4 is 10.6 Å². The highest BCUT2D eigenvalue weighted by atomic mass is 127. The highest BCUT2D eigenvalue weighted by Crippen LogP contribution is 2.02. The van der Waals surface area contributed by atoms with Crippen molar-refractivity contribution in [1.82, 2.24) is 10.6 Å². The van der Waals surface area contributed by atoms with Crippen molar-refractivity contribution in [1.29, 1.82) is 0 Å². The van der Waals surface area contributed by atoms with Gasteiger partial charge in [-0.1, -0.05) is 26.0 Å². The fourth-order valence-corrected chi connectivity index (χ4v) is 1.49. The third kappa shape index (κ3) is 8.02. The van der Waals surface area contributed by atoms with Gasteiger partial charge in [0.1, 0.15) is 5.82 Å². The van der Waals surface area contributed by atoms with E-state index in [9.17, 15) is 4.39 Å². The zero-order chi connectivity index (χ0) is 13.4. The summed E-state index contributed by atoms with van der Waals surface area (Å²) in [5.41, 5.74) is 1.03. The molecule has 0 fully saturated rings. The lowest BCUT2D eigenvalue weighted by molar-refractivity contribution is 0.573. The summed E-state index contributed by atoms with van der Waals surface area (Å²) in [5, 5.41) is 6.44. The highest BCUT2D eigenvalue weighted by molar-refractivity contribution is 14.0. The first kappa shape index (κ1) is 18.1. The predicted molar refractivity (Wildman–Crippen MR) is 89.5 cm³/mol. The molecule has 0 spiro atoms. The van der Waals surface area contributed by atoms with Gasteiger partial charge in [-0.3, -0.25) is 4.99 Å². The average Bonchev–Trinajstić information content (AvgIpc) is 2.35. The van der Waals surface area contributed by atoms with Crippen molar-refractivity contribution >= 4 is 29.9 Å². The lowest BCUT2D eigenvalue weighted by Gasteiger charge is -2.12. The number of hydrogen-bond donors (Lipinski definition) is 2. The molecule has 0 saturated carbocycles. The zero-order valence-electron chi connectivity index (χ0n) is 11.7. The predicted octanol–water partition coefficient (Wildman–Crippen LogP) is 3.15. The van der Waals surface area contributed by atoms with E-state index in [1.165, 1.54) is 12.1 Å². The minimum atomic E-state index is -0.210. The molecule has 1 rings (SSSR count). The van der Waals surface area contributed by atoms with E-state index >= 15 is 0 Å². The van der Waals surface area contributed by atoms with Crippen LogP contribution in [-0.2, 0) is 6.54 Å². The molecule has 0 unspecified atom stereocenters. The van der Waals surface area contributed by atoms with Crippen LogP contribution in [-0.4, -0.2) is 19.6 Å². The number of halogens is 2. The van der Waals surface area contributed by atoms with E-state index in [1.54, 1.807) is 19.2 Å². The molecule has 0 aromatic heterocycles. The number of aliphatic imine (C=N–C) groups is 1. The van der Waals surface area contributed by atoms with Crippen molar-refractivity contribution in [2.24, 2.45) is 10.9 Å². The largest absolute Gasteiger partial charge is 0.356 e. The van der Waals surface area contributed by atoms with Gasteiger partial charge in [0.25, 0.3) is 0 Å². The normalized spacial score (nSPS) is 11.1. The Kier molecular flexibility index (Phi) is 9.55. The van der Waals surface area contributed by atoms with Gasteiger partial charge in [0, 0.05) is 20.1 Å². The lowest BCUT2D eigenvalue weighted by Crippen LogP contribution is -2.37. The van der Waals surface area contributed by atoms with Crippen LogP contribution >= 0.6 is 24.0 Å². The van der Waals surface area contributed by atoms with Crippen LogP contribution in [0.2, 0.25) is 0 Å². The molecule has 1 aromatic carbocycles. The van der Waals surface area contributed by atoms with E-state index in [4.69, 9.17) is 0 Å². The molecular weight excluding hydrogens is 356 g/mol. The van der Waals surface area contributed by atoms with Crippen molar-refractivity contribution < 1.29 is 4.39 Å². The van der Waals surface area contributed by atoms with Crippen molar-refractivity contribution in [2.45, 2.75) is 26.8 Å². The van der Waals surface area contributed by atoms with Crippen LogP contribution in [0.4, 0.5) is 4.39 Å². The molecule has 1 aromatic rings. The van der Waals surface area contributed by atoms with Crippen molar-refractivity contribution in [2.75, 3.05) is 13.6 Å². The maximum absolute atomic E-state index is 12.7. The topological polar surface area (TPSA) is 36.4 Å². The Morgan fingerprint density at radius 1 is 1.21 bits per heavy atom. The Labute approximate surface area is 132 Å². The Hall–Kier alpha value is -0.850. The molecule has 19 heavy (non-hydrogen) atoms. The van der Waals surface area contributed by atoms with E-state index < -0.39 is 0 Å². The van der Waals surface area contributed by atoms with Crippen LogP contribution in [0, 0.1) is 11.7 Å². The molecule has 0 atom stereocenters. The Balaban J connectivity index is 0.00000324. The Morgan fingerprint density at radius 3 is 2.37 bits per heavy atom. The molecule has 0 aliphatic carbocycles. The van der Waals surface area contributed by atoms with Crippen LogP contribution in [0.1, 0.15) is 25.8 Å². The minimum Gasteiger partial charge on any atom is -0.356 e. The molecule has 0 aliphatic rings. The number of hydrogen-bond acceptors (Lipinski definition) is 1. The summed E-state index contributed by atoms with van der Waals surface area (Å²) < 4.78 is 12.7. The number of benzene rings is 1. The standard InChI is InChI=1S/C14H22FN3.HI/c1-11(2)8-9-17-14(16-3)18-10-12-4-6-13(15)7-5-12;/h4-7,11H,8-10H2,1-3H3,(H2,16,17,18);1H. The van der Waals surface area contributed by atoms with Crippen molar-refractivity contribution in [3.63, 3.8) is 0 Å². The van der Waals surface area contributed by atoms with Gasteiger partial charge in [0.15, 0.2) is 5.96 Å². The summed E-state index contributed by atoms with van der Waals surface area (Å²) in [5.74, 6) is 1.24. The molecule has 0 bridgehead atoms. The van der Waals surface area contributed by atoms with Crippen molar-refractivity contribution in [3.8, 4) is 0 Å². The smallest absolute Gasteiger partial charge is 0.191 e. The second-order valence-electron chi connectivity index (χ2n) is 4.66. The number of nitrogens with zero attached hydrogens (tertiary/aromatic N) is 1. The first-order chi connectivity index (χ1) is 8.61. The summed E-state index contributed by atoms with van der Waals surface area (Å²) in [6, 6.07) is 6.46. The summed E-state index contributed by atoms with van der Waals surface area (Å²) >= 11 is 0. The van der Waals surface area contributed by atoms with E-state index in [2.05, 4.69) is 29.5 Å². The third-order valence-electron chi connectivity index (χ3n) is 2.61. The lowest BCUT2D eigenvalue weighted by atomic mass is 10.1. The summed E-state index contributed by atoms with van der Waals surface area (Å²) in [7, 11) is 1.75. The molecule has 5 heteroatoms. The second-order valence-corrected chi connectivity index (χ2v) is 4.66. The van der Waals surface area contributed by atoms with Gasteiger partial charge < -0.3 is 10.6 Å². The maximum Gasteiger partial charge on any atom is 0.191 e. The third-order valence-corrected chi connectivity index (χ3v) is 2.61. The van der Waals surface area contributed by atoms with Crippen LogP contribution in [0.15, 0.2) is 29.3 Å². The van der Waals surface area contributed by atoms with E-state index in [1.807, 2.05) is 0 Å². The monoisotopic (exact) mass is 379 g/mol. The van der Waals surface area contributed by atoms with Crippen LogP contribution in [0.5, 0.6) is 0 Å². The SMILES string of the molecule is CN=C(NCCC(C)C)NCc1ccc(F)cc1.I. The molecule has 0 radical (unpaired) electrons. The van der Waals surface area contributed by atoms with E-state index in [-0.39, 0.29) is 29.8 Å². The number of guanidine groups is 1. The number of rotatable bonds is 5. The fraction of sp³-hybridized carbons (Fsp3) is 0.500. The number of nitrogens with one attached hydrogen (secondary N) is 2. The van der Waals surface area contributed by atoms with Crippen LogP contribution in [0.3, 0.4) is 0 Å². The summed E-state index contributed by atoms with van der Waals surface area (Å²) in [6.45, 7) is 5.93. The molecular formula is C14H23FIN3. The zero-order valence-corrected chi connectivity index (χ0v) is 14.1. The van der Waals surface area contributed by atoms with Gasteiger partial charge in [-0.15, -0.1) is 24.0 Å². The summed E-state index contributed by atoms with van der Waals surface area (Å²) in [4.78, 5) is 4.14. The van der Waals surface area contributed by atoms with Gasteiger partial charge in [-0.05, 0) is 30.0 Å². The van der Waals surface area contributed by atoms with Crippen molar-refractivity contribution in [3.05, 3.63) is 35.6 Å². The maximum atomic E-state index is 12.7. The van der Waals surface area contributed by atoms with Gasteiger partial charge >= 0.3 is 0 Å². The first-order valence-corrected chi connectivity index (χ1v) is 6.30. The Morgan fingerprint density at radius 2 is 1.84 bits per heavy atom. The molecule has 0 aliphatic heterocycles. The van der Waals surface area contributed by atoms with Gasteiger partial charge in [0.05, 0.1) is 0 Å². The minimum absolute atomic E-state index is 0. The second kappa shape index (κ2) is 10.00. The molecule has 0 heterocycles. The van der Waals surface area contributed by atoms with Gasteiger partial charge in [-0.25, -0.2) is 4.39 Å². The fourth-order valence-electron chi connectivity index (χ4n) is 1.49. The summed E-state index contributed by atoms with van der Waals surface area (Å²) in [6.07, 6.45) is 1.11. The molecule has 2 N–H and O–H groups in total. The molecule has 3 nitrogen and oxygen atoms in total. The molecule has 0 amide bonds. The average molecular weight is 379 g/mol. The quantitative estimate of drug-likeness (QED) is 0.469. The van der Waals surface area contributed by atoms with E-state index in [0.717, 1.165) is 24.5 Å². The highest BCUT2D eigenvalue weighted by Gasteiger charge is 1.99. The van der Waals surface area contributed by atoms with Gasteiger partial charge in [0.2, 0.25) is 0 Å². The van der Waals surface area contributed by atoms with Crippen LogP contribution in [0.25, 0.3) is 0 Å². The molecule has 0 saturated heterocycles. The Bertz CT molecular complexity index is 377. The first-order valence-electron chi connectivity index (χ1n) is 6.30. The molecule has 108 valence electrons. The van der Waals surface area contributed by atoms with Gasteiger partial charge in [-0.2, -0.15) is 0 Å². The van der Waals surface area contributed by atoms with E-state index in [0.29, 0.717) is 12.5 Å².